The van der Waals surface area contributed by atoms with Crippen molar-refractivity contribution in [3.8, 4) is 0 Å². The van der Waals surface area contributed by atoms with Gasteiger partial charge in [-0.25, -0.2) is 0 Å². The Morgan fingerprint density at radius 3 is 2.78 bits per heavy atom. The Kier molecular flexibility index (Phi) is 3.38. The van der Waals surface area contributed by atoms with Crippen LogP contribution in [0.1, 0.15) is 53.2 Å². The smallest absolute Gasteiger partial charge is 0.252 e. The Hall–Kier alpha value is -1.94. The van der Waals surface area contributed by atoms with Gasteiger partial charge in [-0.05, 0) is 50.8 Å². The van der Waals surface area contributed by atoms with E-state index >= 15 is 0 Å². The van der Waals surface area contributed by atoms with Gasteiger partial charge >= 0.3 is 0 Å². The molecule has 0 atom stereocenters. The molecular weight excluding hydrogens is 288 g/mol. The monoisotopic (exact) mass is 310 g/mol. The molecule has 0 aliphatic heterocycles. The van der Waals surface area contributed by atoms with Gasteiger partial charge in [-0.3, -0.25) is 9.78 Å². The van der Waals surface area contributed by atoms with Gasteiger partial charge in [0.2, 0.25) is 0 Å². The summed E-state index contributed by atoms with van der Waals surface area (Å²) in [7, 11) is 0. The van der Waals surface area contributed by atoms with Crippen LogP contribution in [0.4, 0.5) is 0 Å². The number of nitrogens with one attached hydrogen (secondary N) is 1. The van der Waals surface area contributed by atoms with E-state index in [-0.39, 0.29) is 17.9 Å². The SMILES string of the molecule is Cc1ccc2nc(C3CC3)cc(C(=O)NCC3(CO)CC3)c2c1. The van der Waals surface area contributed by atoms with Gasteiger partial charge in [0, 0.05) is 29.0 Å². The molecule has 1 aromatic carbocycles. The number of amides is 1. The molecule has 2 aliphatic carbocycles. The summed E-state index contributed by atoms with van der Waals surface area (Å²) in [6, 6.07) is 8.04. The molecule has 1 amide bonds. The summed E-state index contributed by atoms with van der Waals surface area (Å²) in [6.07, 6.45) is 4.32. The number of aliphatic hydroxyl groups excluding tert-OH is 1. The lowest BCUT2D eigenvalue weighted by molar-refractivity contribution is 0.0936. The van der Waals surface area contributed by atoms with Crippen molar-refractivity contribution in [2.24, 2.45) is 5.41 Å². The number of aliphatic hydroxyl groups is 1. The molecule has 4 nitrogen and oxygen atoms in total. The second-order valence-electron chi connectivity index (χ2n) is 7.23. The number of rotatable bonds is 5. The van der Waals surface area contributed by atoms with Crippen molar-refractivity contribution in [3.63, 3.8) is 0 Å². The van der Waals surface area contributed by atoms with E-state index in [1.807, 2.05) is 31.2 Å². The number of carbonyl (C=O) groups excluding carboxylic acids is 1. The van der Waals surface area contributed by atoms with Gasteiger partial charge < -0.3 is 10.4 Å². The van der Waals surface area contributed by atoms with Crippen molar-refractivity contribution in [1.29, 1.82) is 0 Å². The number of benzene rings is 1. The zero-order valence-electron chi connectivity index (χ0n) is 13.4. The lowest BCUT2D eigenvalue weighted by Gasteiger charge is -2.14. The second-order valence-corrected chi connectivity index (χ2v) is 7.23. The first-order valence-electron chi connectivity index (χ1n) is 8.41. The Bertz CT molecular complexity index is 776. The fraction of sp³-hybridized carbons (Fsp3) is 0.474. The Morgan fingerprint density at radius 1 is 1.35 bits per heavy atom. The van der Waals surface area contributed by atoms with Gasteiger partial charge in [-0.2, -0.15) is 0 Å². The number of aromatic nitrogens is 1. The standard InChI is InChI=1S/C19H22N2O2/c1-12-2-5-16-14(8-12)15(9-17(21-16)13-3-4-13)18(23)20-10-19(11-22)6-7-19/h2,5,8-9,13,22H,3-4,6-7,10-11H2,1H3,(H,20,23). The highest BCUT2D eigenvalue weighted by atomic mass is 16.3. The van der Waals surface area contributed by atoms with Crippen LogP contribution >= 0.6 is 0 Å². The quantitative estimate of drug-likeness (QED) is 0.892. The van der Waals surface area contributed by atoms with Crippen molar-refractivity contribution < 1.29 is 9.90 Å². The van der Waals surface area contributed by atoms with Gasteiger partial charge in [-0.15, -0.1) is 0 Å². The van der Waals surface area contributed by atoms with Crippen LogP contribution in [0.5, 0.6) is 0 Å². The van der Waals surface area contributed by atoms with E-state index in [0.717, 1.165) is 35.0 Å². The number of nitrogens with zero attached hydrogens (tertiary/aromatic N) is 1. The van der Waals surface area contributed by atoms with E-state index in [9.17, 15) is 9.90 Å². The van der Waals surface area contributed by atoms with Crippen molar-refractivity contribution in [1.82, 2.24) is 10.3 Å². The molecule has 120 valence electrons. The fourth-order valence-corrected chi connectivity index (χ4v) is 3.07. The number of fused-ring (bicyclic) bond motifs is 1. The van der Waals surface area contributed by atoms with Crippen LogP contribution in [0.2, 0.25) is 0 Å². The molecule has 4 heteroatoms. The molecule has 2 saturated carbocycles. The van der Waals surface area contributed by atoms with Gasteiger partial charge in [0.15, 0.2) is 0 Å². The summed E-state index contributed by atoms with van der Waals surface area (Å²) in [5.41, 5.74) is 3.70. The minimum atomic E-state index is -0.0757. The van der Waals surface area contributed by atoms with E-state index in [1.165, 1.54) is 12.8 Å². The summed E-state index contributed by atoms with van der Waals surface area (Å²) >= 11 is 0. The van der Waals surface area contributed by atoms with E-state index in [4.69, 9.17) is 4.98 Å². The molecule has 0 unspecified atom stereocenters. The van der Waals surface area contributed by atoms with E-state index < -0.39 is 0 Å². The molecule has 23 heavy (non-hydrogen) atoms. The second kappa shape index (κ2) is 5.31. The average Bonchev–Trinajstić information content (AvgIpc) is 3.46. The molecular formula is C19H22N2O2. The zero-order valence-corrected chi connectivity index (χ0v) is 13.4. The summed E-state index contributed by atoms with van der Waals surface area (Å²) < 4.78 is 0. The van der Waals surface area contributed by atoms with Gasteiger partial charge in [0.1, 0.15) is 0 Å². The molecule has 2 aromatic rings. The Balaban J connectivity index is 1.68. The van der Waals surface area contributed by atoms with Crippen LogP contribution in [0.25, 0.3) is 10.9 Å². The van der Waals surface area contributed by atoms with Crippen molar-refractivity contribution in [3.05, 3.63) is 41.1 Å². The minimum absolute atomic E-state index is 0.0513. The van der Waals surface area contributed by atoms with Crippen LogP contribution < -0.4 is 5.32 Å². The molecule has 0 saturated heterocycles. The number of aryl methyl sites for hydroxylation is 1. The number of hydrogen-bond acceptors (Lipinski definition) is 3. The summed E-state index contributed by atoms with van der Waals surface area (Å²) in [5, 5.41) is 13.4. The Morgan fingerprint density at radius 2 is 2.13 bits per heavy atom. The van der Waals surface area contributed by atoms with Crippen LogP contribution in [0, 0.1) is 12.3 Å². The minimum Gasteiger partial charge on any atom is -0.396 e. The van der Waals surface area contributed by atoms with Crippen molar-refractivity contribution in [2.45, 2.75) is 38.5 Å². The molecule has 0 radical (unpaired) electrons. The number of carbonyl (C=O) groups is 1. The first kappa shape index (κ1) is 14.6. The third-order valence-corrected chi connectivity index (χ3v) is 5.14. The fourth-order valence-electron chi connectivity index (χ4n) is 3.07. The molecule has 1 aromatic heterocycles. The summed E-state index contributed by atoms with van der Waals surface area (Å²) in [5.74, 6) is 0.462. The lowest BCUT2D eigenvalue weighted by Crippen LogP contribution is -2.32. The summed E-state index contributed by atoms with van der Waals surface area (Å²) in [4.78, 5) is 17.5. The predicted octanol–water partition coefficient (Wildman–Crippen LogP) is 2.92. The lowest BCUT2D eigenvalue weighted by atomic mass is 10.0. The highest BCUT2D eigenvalue weighted by molar-refractivity contribution is 6.06. The molecule has 2 fully saturated rings. The molecule has 4 rings (SSSR count). The zero-order chi connectivity index (χ0) is 16.0. The third kappa shape index (κ3) is 2.83. The topological polar surface area (TPSA) is 62.2 Å². The van der Waals surface area contributed by atoms with Crippen LogP contribution in [0.3, 0.4) is 0 Å². The molecule has 1 heterocycles. The summed E-state index contributed by atoms with van der Waals surface area (Å²) in [6.45, 7) is 2.73. The normalized spacial score (nSPS) is 18.9. The van der Waals surface area contributed by atoms with Crippen LogP contribution in [-0.4, -0.2) is 29.1 Å². The molecule has 0 bridgehead atoms. The molecule has 0 spiro atoms. The van der Waals surface area contributed by atoms with Crippen molar-refractivity contribution in [2.75, 3.05) is 13.2 Å². The van der Waals surface area contributed by atoms with Gasteiger partial charge in [-0.1, -0.05) is 11.6 Å². The van der Waals surface area contributed by atoms with Gasteiger partial charge in [0.05, 0.1) is 17.7 Å². The maximum Gasteiger partial charge on any atom is 0.252 e. The third-order valence-electron chi connectivity index (χ3n) is 5.14. The van der Waals surface area contributed by atoms with Gasteiger partial charge in [0.25, 0.3) is 5.91 Å². The van der Waals surface area contributed by atoms with Crippen LogP contribution in [0.15, 0.2) is 24.3 Å². The van der Waals surface area contributed by atoms with E-state index in [1.54, 1.807) is 0 Å². The molecule has 2 N–H and O–H groups in total. The van der Waals surface area contributed by atoms with Crippen molar-refractivity contribution >= 4 is 16.8 Å². The maximum absolute atomic E-state index is 12.7. The number of pyridine rings is 1. The van der Waals surface area contributed by atoms with Crippen LogP contribution in [-0.2, 0) is 0 Å². The largest absolute Gasteiger partial charge is 0.396 e. The molecule has 2 aliphatic rings. The average molecular weight is 310 g/mol. The predicted molar refractivity (Wildman–Crippen MR) is 89.5 cm³/mol. The highest BCUT2D eigenvalue weighted by Crippen LogP contribution is 2.44. The first-order chi connectivity index (χ1) is 11.1. The van der Waals surface area contributed by atoms with E-state index in [2.05, 4.69) is 5.32 Å². The first-order valence-corrected chi connectivity index (χ1v) is 8.41. The Labute approximate surface area is 135 Å². The maximum atomic E-state index is 12.7. The highest BCUT2D eigenvalue weighted by Gasteiger charge is 2.42. The van der Waals surface area contributed by atoms with E-state index in [0.29, 0.717) is 18.0 Å². The number of hydrogen-bond donors (Lipinski definition) is 2.